The standard InChI is InChI=1S/C28H22F5N5O4/c1-26(25(34)40)14-42-23-18(26)10-21(37-22(23)15-6-8-17(29)9-7-15)27(41,28(31,32)33)13-35-24(39)16-11-36-38(12-16)20-5-3-2-4-19(20)30/h2-12,41H,13-14H2,1H3,(H2,34,40)(H,35,39)/t26-,27?/m0/s1. The molecule has 0 fully saturated rings. The lowest BCUT2D eigenvalue weighted by molar-refractivity contribution is -0.265. The summed E-state index contributed by atoms with van der Waals surface area (Å²) >= 11 is 0. The normalized spacial score (nSPS) is 17.7. The molecule has 2 aromatic heterocycles. The molecule has 0 aliphatic carbocycles. The van der Waals surface area contributed by atoms with Gasteiger partial charge >= 0.3 is 6.18 Å². The predicted molar refractivity (Wildman–Crippen MR) is 137 cm³/mol. The van der Waals surface area contributed by atoms with Gasteiger partial charge in [0.1, 0.15) is 40.8 Å². The zero-order chi connectivity index (χ0) is 30.4. The number of aliphatic hydroxyl groups is 1. The summed E-state index contributed by atoms with van der Waals surface area (Å²) in [4.78, 5) is 29.2. The second-order valence-corrected chi connectivity index (χ2v) is 9.89. The van der Waals surface area contributed by atoms with E-state index in [0.29, 0.717) is 0 Å². The van der Waals surface area contributed by atoms with Gasteiger partial charge in [0, 0.05) is 17.3 Å². The fourth-order valence-corrected chi connectivity index (χ4v) is 4.46. The number of halogens is 5. The van der Waals surface area contributed by atoms with Crippen molar-refractivity contribution in [2.45, 2.75) is 24.1 Å². The Morgan fingerprint density at radius 3 is 2.48 bits per heavy atom. The number of nitrogens with one attached hydrogen (secondary N) is 1. The van der Waals surface area contributed by atoms with Crippen molar-refractivity contribution in [3.05, 3.63) is 95.4 Å². The number of carbonyl (C=O) groups is 2. The number of amides is 2. The fourth-order valence-electron chi connectivity index (χ4n) is 4.46. The molecule has 0 saturated carbocycles. The summed E-state index contributed by atoms with van der Waals surface area (Å²) in [7, 11) is 0. The van der Waals surface area contributed by atoms with Crippen LogP contribution in [0.1, 0.15) is 28.5 Å². The van der Waals surface area contributed by atoms with Crippen LogP contribution >= 0.6 is 0 Å². The second-order valence-electron chi connectivity index (χ2n) is 9.89. The van der Waals surface area contributed by atoms with Crippen molar-refractivity contribution in [2.24, 2.45) is 5.73 Å². The molecule has 0 radical (unpaired) electrons. The van der Waals surface area contributed by atoms with Crippen LogP contribution in [0, 0.1) is 11.6 Å². The van der Waals surface area contributed by atoms with Crippen molar-refractivity contribution in [3.63, 3.8) is 0 Å². The minimum absolute atomic E-state index is 0.00118. The summed E-state index contributed by atoms with van der Waals surface area (Å²) in [6, 6.07) is 11.0. The molecule has 3 heterocycles. The van der Waals surface area contributed by atoms with Crippen molar-refractivity contribution in [1.29, 1.82) is 0 Å². The molecule has 0 bridgehead atoms. The highest BCUT2D eigenvalue weighted by Gasteiger charge is 2.57. The summed E-state index contributed by atoms with van der Waals surface area (Å²) in [5.74, 6) is -3.28. The molecule has 42 heavy (non-hydrogen) atoms. The summed E-state index contributed by atoms with van der Waals surface area (Å²) in [5.41, 5.74) is -1.12. The van der Waals surface area contributed by atoms with Crippen LogP contribution in [-0.4, -0.2) is 51.0 Å². The molecule has 4 aromatic rings. The molecule has 5 rings (SSSR count). The lowest BCUT2D eigenvalue weighted by Gasteiger charge is -2.31. The molecule has 1 aliphatic rings. The maximum absolute atomic E-state index is 14.5. The van der Waals surface area contributed by atoms with Gasteiger partial charge in [-0.05, 0) is 49.4 Å². The van der Waals surface area contributed by atoms with Crippen LogP contribution in [0.25, 0.3) is 16.9 Å². The number of aromatic nitrogens is 3. The third-order valence-corrected chi connectivity index (χ3v) is 7.08. The Morgan fingerprint density at radius 1 is 1.14 bits per heavy atom. The number of ether oxygens (including phenoxy) is 1. The van der Waals surface area contributed by atoms with Crippen molar-refractivity contribution in [2.75, 3.05) is 13.2 Å². The van der Waals surface area contributed by atoms with Gasteiger partial charge in [-0.1, -0.05) is 12.1 Å². The summed E-state index contributed by atoms with van der Waals surface area (Å²) < 4.78 is 77.9. The first kappa shape index (κ1) is 28.7. The van der Waals surface area contributed by atoms with Gasteiger partial charge in [0.05, 0.1) is 24.0 Å². The lowest BCUT2D eigenvalue weighted by Crippen LogP contribution is -2.51. The van der Waals surface area contributed by atoms with Crippen molar-refractivity contribution in [3.8, 4) is 22.7 Å². The largest absolute Gasteiger partial charge is 0.489 e. The molecule has 9 nitrogen and oxygen atoms in total. The first-order chi connectivity index (χ1) is 19.7. The molecule has 1 aliphatic heterocycles. The van der Waals surface area contributed by atoms with Crippen LogP contribution in [0.4, 0.5) is 22.0 Å². The summed E-state index contributed by atoms with van der Waals surface area (Å²) in [5, 5.41) is 17.0. The number of hydrogen-bond acceptors (Lipinski definition) is 6. The number of rotatable bonds is 7. The first-order valence-corrected chi connectivity index (χ1v) is 12.4. The number of alkyl halides is 3. The Hall–Kier alpha value is -4.85. The topological polar surface area (TPSA) is 132 Å². The minimum atomic E-state index is -5.39. The van der Waals surface area contributed by atoms with Crippen molar-refractivity contribution < 1.29 is 41.4 Å². The number of nitrogens with two attached hydrogens (primary N) is 1. The molecule has 0 spiro atoms. The Balaban J connectivity index is 1.54. The molecular formula is C28H22F5N5O4. The van der Waals surface area contributed by atoms with E-state index in [0.717, 1.165) is 41.3 Å². The highest BCUT2D eigenvalue weighted by molar-refractivity contribution is 5.94. The molecule has 4 N–H and O–H groups in total. The van der Waals surface area contributed by atoms with E-state index in [1.54, 1.807) is 0 Å². The van der Waals surface area contributed by atoms with Crippen LogP contribution in [0.3, 0.4) is 0 Å². The van der Waals surface area contributed by atoms with Crippen LogP contribution in [0.15, 0.2) is 67.0 Å². The van der Waals surface area contributed by atoms with E-state index in [2.05, 4.69) is 10.1 Å². The second kappa shape index (κ2) is 10.2. The van der Waals surface area contributed by atoms with Gasteiger partial charge in [-0.2, -0.15) is 18.3 Å². The number of fused-ring (bicyclic) bond motifs is 1. The number of primary amides is 1. The Morgan fingerprint density at radius 2 is 1.83 bits per heavy atom. The SMILES string of the molecule is C[C@]1(C(N)=O)COc2c1cc(C(O)(CNC(=O)c1cnn(-c3ccccc3F)c1)C(F)(F)F)nc2-c1ccc(F)cc1. The minimum Gasteiger partial charge on any atom is -0.489 e. The maximum Gasteiger partial charge on any atom is 0.424 e. The highest BCUT2D eigenvalue weighted by Crippen LogP contribution is 2.47. The van der Waals surface area contributed by atoms with E-state index in [9.17, 15) is 36.6 Å². The Bertz CT molecular complexity index is 1690. The van der Waals surface area contributed by atoms with E-state index >= 15 is 0 Å². The predicted octanol–water partition coefficient (Wildman–Crippen LogP) is 3.53. The van der Waals surface area contributed by atoms with Crippen LogP contribution in [0.2, 0.25) is 0 Å². The average molecular weight is 588 g/mol. The summed E-state index contributed by atoms with van der Waals surface area (Å²) in [6.07, 6.45) is -3.26. The molecule has 2 atom stereocenters. The van der Waals surface area contributed by atoms with Crippen LogP contribution < -0.4 is 15.8 Å². The van der Waals surface area contributed by atoms with E-state index < -0.39 is 52.9 Å². The van der Waals surface area contributed by atoms with E-state index in [1.165, 1.54) is 37.3 Å². The van der Waals surface area contributed by atoms with Crippen LogP contribution in [-0.2, 0) is 15.8 Å². The Labute approximate surface area is 234 Å². The molecule has 14 heteroatoms. The molecule has 2 aromatic carbocycles. The number of pyridine rings is 1. The average Bonchev–Trinajstić information content (AvgIpc) is 3.57. The van der Waals surface area contributed by atoms with Gasteiger partial charge in [-0.25, -0.2) is 18.4 Å². The third kappa shape index (κ3) is 4.83. The number of nitrogens with zero attached hydrogens (tertiary/aromatic N) is 3. The molecule has 218 valence electrons. The lowest BCUT2D eigenvalue weighted by atomic mass is 9.81. The first-order valence-electron chi connectivity index (χ1n) is 12.4. The van der Waals surface area contributed by atoms with E-state index in [-0.39, 0.29) is 40.4 Å². The quantitative estimate of drug-likeness (QED) is 0.284. The molecule has 2 amide bonds. The number of hydrogen-bond donors (Lipinski definition) is 3. The van der Waals surface area contributed by atoms with Gasteiger partial charge in [0.2, 0.25) is 11.5 Å². The van der Waals surface area contributed by atoms with Crippen molar-refractivity contribution in [1.82, 2.24) is 20.1 Å². The van der Waals surface area contributed by atoms with E-state index in [4.69, 9.17) is 10.5 Å². The fraction of sp³-hybridized carbons (Fsp3) is 0.214. The van der Waals surface area contributed by atoms with Gasteiger partial charge in [-0.3, -0.25) is 9.59 Å². The number of benzene rings is 2. The maximum atomic E-state index is 14.5. The number of carbonyl (C=O) groups excluding carboxylic acids is 2. The Kier molecular flexibility index (Phi) is 6.97. The summed E-state index contributed by atoms with van der Waals surface area (Å²) in [6.45, 7) is -0.353. The zero-order valence-electron chi connectivity index (χ0n) is 21.7. The van der Waals surface area contributed by atoms with Crippen molar-refractivity contribution >= 4 is 11.8 Å². The van der Waals surface area contributed by atoms with Gasteiger partial charge in [0.25, 0.3) is 5.91 Å². The molecule has 0 saturated heterocycles. The number of para-hydroxylation sites is 1. The highest BCUT2D eigenvalue weighted by atomic mass is 19.4. The third-order valence-electron chi connectivity index (χ3n) is 7.08. The van der Waals surface area contributed by atoms with Gasteiger partial charge < -0.3 is 20.9 Å². The molecular weight excluding hydrogens is 565 g/mol. The zero-order valence-corrected chi connectivity index (χ0v) is 21.7. The van der Waals surface area contributed by atoms with Gasteiger partial charge in [-0.15, -0.1) is 0 Å². The molecule has 1 unspecified atom stereocenters. The smallest absolute Gasteiger partial charge is 0.424 e. The van der Waals surface area contributed by atoms with Crippen LogP contribution in [0.5, 0.6) is 5.75 Å². The van der Waals surface area contributed by atoms with E-state index in [1.807, 2.05) is 5.32 Å². The van der Waals surface area contributed by atoms with Gasteiger partial charge in [0.15, 0.2) is 0 Å². The monoisotopic (exact) mass is 587 g/mol.